The molecule has 0 spiro atoms. The Labute approximate surface area is 120 Å². The number of carbonyl (C=O) groups excluding carboxylic acids is 1. The number of carboxylic acid groups (broad SMARTS) is 1. The summed E-state index contributed by atoms with van der Waals surface area (Å²) in [7, 11) is 0. The molecule has 1 aliphatic rings. The van der Waals surface area contributed by atoms with Gasteiger partial charge < -0.3 is 5.11 Å². The van der Waals surface area contributed by atoms with Gasteiger partial charge in [0, 0.05) is 12.0 Å². The molecule has 3 nitrogen and oxygen atoms in total. The van der Waals surface area contributed by atoms with Crippen LogP contribution in [0.15, 0.2) is 30.3 Å². The second kappa shape index (κ2) is 6.21. The minimum Gasteiger partial charge on any atom is -0.481 e. The maximum Gasteiger partial charge on any atom is 0.310 e. The summed E-state index contributed by atoms with van der Waals surface area (Å²) < 4.78 is 0. The molecule has 0 saturated heterocycles. The maximum atomic E-state index is 12.4. The highest BCUT2D eigenvalue weighted by molar-refractivity contribution is 5.99. The molecule has 1 saturated carbocycles. The van der Waals surface area contributed by atoms with Gasteiger partial charge in [0.15, 0.2) is 5.78 Å². The summed E-state index contributed by atoms with van der Waals surface area (Å²) in [4.78, 5) is 24.2. The molecule has 1 fully saturated rings. The normalized spacial score (nSPS) is 25.6. The molecule has 1 aliphatic carbocycles. The van der Waals surface area contributed by atoms with E-state index in [4.69, 9.17) is 0 Å². The number of carbonyl (C=O) groups is 2. The number of benzene rings is 1. The zero-order chi connectivity index (χ0) is 14.6. The van der Waals surface area contributed by atoms with Crippen molar-refractivity contribution < 1.29 is 14.7 Å². The maximum absolute atomic E-state index is 12.4. The molecule has 0 aliphatic heterocycles. The van der Waals surface area contributed by atoms with Gasteiger partial charge in [-0.1, -0.05) is 50.1 Å². The van der Waals surface area contributed by atoms with Crippen LogP contribution in [0.1, 0.15) is 55.8 Å². The van der Waals surface area contributed by atoms with E-state index in [1.165, 1.54) is 0 Å². The number of hydrogen-bond donors (Lipinski definition) is 1. The van der Waals surface area contributed by atoms with Crippen molar-refractivity contribution in [3.8, 4) is 0 Å². The standard InChI is InChI=1S/C17H22O3/c1-2-7-14-10-6-11-17(14,16(19)20)12-15(18)13-8-4-3-5-9-13/h3-5,8-9,14H,2,6-7,10-12H2,1H3,(H,19,20)/t14-,17+/m1/s1. The van der Waals surface area contributed by atoms with Crippen molar-refractivity contribution in [3.63, 3.8) is 0 Å². The molecule has 0 radical (unpaired) electrons. The molecular formula is C17H22O3. The van der Waals surface area contributed by atoms with Crippen LogP contribution >= 0.6 is 0 Å². The van der Waals surface area contributed by atoms with Crippen molar-refractivity contribution >= 4 is 11.8 Å². The SMILES string of the molecule is CCC[C@@H]1CCC[C@@]1(CC(=O)c1ccccc1)C(=O)O. The largest absolute Gasteiger partial charge is 0.481 e. The molecule has 3 heteroatoms. The first-order valence-electron chi connectivity index (χ1n) is 7.42. The van der Waals surface area contributed by atoms with E-state index in [9.17, 15) is 14.7 Å². The first-order chi connectivity index (χ1) is 9.60. The van der Waals surface area contributed by atoms with Crippen LogP contribution in [0.5, 0.6) is 0 Å². The van der Waals surface area contributed by atoms with Gasteiger partial charge in [-0.15, -0.1) is 0 Å². The first-order valence-corrected chi connectivity index (χ1v) is 7.42. The fraction of sp³-hybridized carbons (Fsp3) is 0.529. The minimum atomic E-state index is -0.844. The Hall–Kier alpha value is -1.64. The second-order valence-corrected chi connectivity index (χ2v) is 5.81. The molecule has 0 heterocycles. The Morgan fingerprint density at radius 1 is 1.30 bits per heavy atom. The van der Waals surface area contributed by atoms with Gasteiger partial charge >= 0.3 is 5.97 Å². The molecular weight excluding hydrogens is 252 g/mol. The summed E-state index contributed by atoms with van der Waals surface area (Å²) in [5.74, 6) is -0.702. The first kappa shape index (κ1) is 14.8. The van der Waals surface area contributed by atoms with Crippen molar-refractivity contribution in [2.75, 3.05) is 0 Å². The van der Waals surface area contributed by atoms with Gasteiger partial charge in [-0.2, -0.15) is 0 Å². The Morgan fingerprint density at radius 2 is 2.00 bits per heavy atom. The van der Waals surface area contributed by atoms with Gasteiger partial charge in [-0.3, -0.25) is 9.59 Å². The second-order valence-electron chi connectivity index (χ2n) is 5.81. The van der Waals surface area contributed by atoms with E-state index < -0.39 is 11.4 Å². The van der Waals surface area contributed by atoms with E-state index in [-0.39, 0.29) is 18.1 Å². The lowest BCUT2D eigenvalue weighted by Gasteiger charge is -2.30. The monoisotopic (exact) mass is 274 g/mol. The molecule has 0 unspecified atom stereocenters. The third kappa shape index (κ3) is 2.77. The van der Waals surface area contributed by atoms with E-state index in [0.717, 1.165) is 25.7 Å². The van der Waals surface area contributed by atoms with E-state index in [1.54, 1.807) is 12.1 Å². The quantitative estimate of drug-likeness (QED) is 0.800. The fourth-order valence-corrected chi connectivity index (χ4v) is 3.52. The molecule has 20 heavy (non-hydrogen) atoms. The van der Waals surface area contributed by atoms with Crippen molar-refractivity contribution in [1.29, 1.82) is 0 Å². The van der Waals surface area contributed by atoms with Crippen LogP contribution in [0.4, 0.5) is 0 Å². The van der Waals surface area contributed by atoms with Gasteiger partial charge in [-0.25, -0.2) is 0 Å². The number of hydrogen-bond acceptors (Lipinski definition) is 2. The Balaban J connectivity index is 2.22. The van der Waals surface area contributed by atoms with Crippen molar-refractivity contribution in [2.45, 2.75) is 45.4 Å². The number of Topliss-reactive ketones (excluding diaryl/α,β-unsaturated/α-hetero) is 1. The van der Waals surface area contributed by atoms with Gasteiger partial charge in [0.25, 0.3) is 0 Å². The zero-order valence-electron chi connectivity index (χ0n) is 12.0. The van der Waals surface area contributed by atoms with Crippen LogP contribution in [0.25, 0.3) is 0 Å². The zero-order valence-corrected chi connectivity index (χ0v) is 12.0. The van der Waals surface area contributed by atoms with E-state index in [2.05, 4.69) is 6.92 Å². The van der Waals surface area contributed by atoms with Crippen molar-refractivity contribution in [1.82, 2.24) is 0 Å². The molecule has 0 bridgehead atoms. The lowest BCUT2D eigenvalue weighted by Crippen LogP contribution is -2.37. The lowest BCUT2D eigenvalue weighted by atomic mass is 9.71. The van der Waals surface area contributed by atoms with Gasteiger partial charge in [-0.05, 0) is 25.2 Å². The van der Waals surface area contributed by atoms with Crippen LogP contribution in [0.3, 0.4) is 0 Å². The smallest absolute Gasteiger partial charge is 0.310 e. The Morgan fingerprint density at radius 3 is 2.60 bits per heavy atom. The number of rotatable bonds is 6. The Kier molecular flexibility index (Phi) is 4.58. The molecule has 2 rings (SSSR count). The predicted octanol–water partition coefficient (Wildman–Crippen LogP) is 3.93. The van der Waals surface area contributed by atoms with Gasteiger partial charge in [0.05, 0.1) is 5.41 Å². The summed E-state index contributed by atoms with van der Waals surface area (Å²) >= 11 is 0. The van der Waals surface area contributed by atoms with Crippen molar-refractivity contribution in [3.05, 3.63) is 35.9 Å². The van der Waals surface area contributed by atoms with Gasteiger partial charge in [0.1, 0.15) is 0 Å². The fourth-order valence-electron chi connectivity index (χ4n) is 3.52. The number of carboxylic acids is 1. The molecule has 1 N–H and O–H groups in total. The van der Waals surface area contributed by atoms with Gasteiger partial charge in [0.2, 0.25) is 0 Å². The molecule has 1 aromatic carbocycles. The van der Waals surface area contributed by atoms with Crippen LogP contribution in [-0.2, 0) is 4.79 Å². The molecule has 108 valence electrons. The van der Waals surface area contributed by atoms with Crippen LogP contribution in [0, 0.1) is 11.3 Å². The Bertz CT molecular complexity index is 480. The number of ketones is 1. The van der Waals surface area contributed by atoms with E-state index >= 15 is 0 Å². The lowest BCUT2D eigenvalue weighted by molar-refractivity contribution is -0.151. The van der Waals surface area contributed by atoms with Crippen LogP contribution < -0.4 is 0 Å². The summed E-state index contributed by atoms with van der Waals surface area (Å²) in [5, 5.41) is 9.70. The highest BCUT2D eigenvalue weighted by Gasteiger charge is 2.49. The van der Waals surface area contributed by atoms with Crippen LogP contribution in [0.2, 0.25) is 0 Å². The molecule has 2 atom stereocenters. The topological polar surface area (TPSA) is 54.4 Å². The highest BCUT2D eigenvalue weighted by atomic mass is 16.4. The summed E-state index contributed by atoms with van der Waals surface area (Å²) in [5.41, 5.74) is -0.224. The third-order valence-corrected chi connectivity index (χ3v) is 4.59. The third-order valence-electron chi connectivity index (χ3n) is 4.59. The predicted molar refractivity (Wildman–Crippen MR) is 77.7 cm³/mol. The molecule has 1 aromatic rings. The van der Waals surface area contributed by atoms with E-state index in [0.29, 0.717) is 12.0 Å². The summed E-state index contributed by atoms with van der Waals surface area (Å²) in [6, 6.07) is 9.03. The minimum absolute atomic E-state index is 0.0454. The molecule has 0 aromatic heterocycles. The van der Waals surface area contributed by atoms with E-state index in [1.807, 2.05) is 18.2 Å². The van der Waals surface area contributed by atoms with Crippen LogP contribution in [-0.4, -0.2) is 16.9 Å². The number of aliphatic carboxylic acids is 1. The highest BCUT2D eigenvalue weighted by Crippen LogP contribution is 2.49. The summed E-state index contributed by atoms with van der Waals surface area (Å²) in [6.45, 7) is 2.07. The molecule has 0 amide bonds. The average molecular weight is 274 g/mol. The average Bonchev–Trinajstić information content (AvgIpc) is 2.84. The summed E-state index contributed by atoms with van der Waals surface area (Å²) in [6.07, 6.45) is 4.48. The van der Waals surface area contributed by atoms with Crippen molar-refractivity contribution in [2.24, 2.45) is 11.3 Å².